The van der Waals surface area contributed by atoms with Crippen LogP contribution in [-0.2, 0) is 21.5 Å². The second-order valence-corrected chi connectivity index (χ2v) is 9.24. The summed E-state index contributed by atoms with van der Waals surface area (Å²) in [6.45, 7) is 5.30. The van der Waals surface area contributed by atoms with Gasteiger partial charge in [0.15, 0.2) is 5.82 Å². The van der Waals surface area contributed by atoms with Crippen LogP contribution in [0.3, 0.4) is 0 Å². The van der Waals surface area contributed by atoms with Crippen LogP contribution in [0.4, 0.5) is 8.78 Å². The van der Waals surface area contributed by atoms with Gasteiger partial charge in [-0.1, -0.05) is 24.3 Å². The molecule has 2 aromatic heterocycles. The molecule has 1 fully saturated rings. The van der Waals surface area contributed by atoms with Crippen molar-refractivity contribution in [3.8, 4) is 16.9 Å². The van der Waals surface area contributed by atoms with Gasteiger partial charge in [-0.2, -0.15) is 19.0 Å². The smallest absolute Gasteiger partial charge is 0.387 e. The lowest BCUT2D eigenvalue weighted by atomic mass is 9.97. The molecule has 200 valence electrons. The molecule has 0 spiro atoms. The lowest BCUT2D eigenvalue weighted by molar-refractivity contribution is -0.0503. The third-order valence-corrected chi connectivity index (χ3v) is 5.90. The van der Waals surface area contributed by atoms with Gasteiger partial charge in [-0.15, -0.1) is 0 Å². The maximum atomic E-state index is 12.8. The number of para-hydroxylation sites is 1. The predicted molar refractivity (Wildman–Crippen MR) is 138 cm³/mol. The van der Waals surface area contributed by atoms with E-state index in [1.165, 1.54) is 6.07 Å². The molecule has 0 saturated carbocycles. The zero-order valence-corrected chi connectivity index (χ0v) is 21.5. The number of hydrogen-bond donors (Lipinski definition) is 1. The summed E-state index contributed by atoms with van der Waals surface area (Å²) in [5.74, 6) is 0.471. The first kappa shape index (κ1) is 27.4. The van der Waals surface area contributed by atoms with E-state index < -0.39 is 12.2 Å². The summed E-state index contributed by atoms with van der Waals surface area (Å²) >= 11 is 0. The monoisotopic (exact) mass is 524 g/mol. The largest absolute Gasteiger partial charge is 0.435 e. The highest BCUT2D eigenvalue weighted by atomic mass is 19.3. The van der Waals surface area contributed by atoms with Gasteiger partial charge in [0.1, 0.15) is 11.4 Å². The van der Waals surface area contributed by atoms with Gasteiger partial charge in [0.25, 0.3) is 0 Å². The molecule has 0 amide bonds. The molecule has 0 bridgehead atoms. The van der Waals surface area contributed by atoms with Gasteiger partial charge in [0.05, 0.1) is 37.6 Å². The van der Waals surface area contributed by atoms with E-state index in [1.807, 2.05) is 25.1 Å². The number of aliphatic hydroxyl groups is 1. The van der Waals surface area contributed by atoms with Crippen LogP contribution in [0.25, 0.3) is 22.0 Å². The van der Waals surface area contributed by atoms with Crippen molar-refractivity contribution < 1.29 is 28.1 Å². The molecule has 0 radical (unpaired) electrons. The van der Waals surface area contributed by atoms with Gasteiger partial charge in [0.2, 0.25) is 0 Å². The SMILES string of the molecule is C1COCCO1.Cc1nnc2ccc(-c3cnc(C(C)(C)O)nc3)cc2c1Cc1ccccc1OC(F)F. The summed E-state index contributed by atoms with van der Waals surface area (Å²) in [6.07, 6.45) is 3.68. The quantitative estimate of drug-likeness (QED) is 0.382. The Labute approximate surface area is 219 Å². The Bertz CT molecular complexity index is 1350. The van der Waals surface area contributed by atoms with Crippen LogP contribution in [0.15, 0.2) is 54.9 Å². The van der Waals surface area contributed by atoms with Crippen LogP contribution in [0, 0.1) is 6.92 Å². The zero-order valence-electron chi connectivity index (χ0n) is 21.5. The molecule has 5 rings (SSSR count). The Kier molecular flexibility index (Phi) is 8.88. The number of benzene rings is 2. The zero-order chi connectivity index (χ0) is 27.1. The fourth-order valence-corrected chi connectivity index (χ4v) is 3.94. The average Bonchev–Trinajstić information content (AvgIpc) is 2.91. The van der Waals surface area contributed by atoms with Gasteiger partial charge in [-0.05, 0) is 55.7 Å². The first-order chi connectivity index (χ1) is 18.2. The summed E-state index contributed by atoms with van der Waals surface area (Å²) in [5, 5.41) is 19.4. The molecule has 1 aliphatic rings. The minimum Gasteiger partial charge on any atom is -0.435 e. The molecule has 0 unspecified atom stereocenters. The van der Waals surface area contributed by atoms with Crippen LogP contribution in [-0.4, -0.2) is 58.3 Å². The highest BCUT2D eigenvalue weighted by Gasteiger charge is 2.19. The molecular weight excluding hydrogens is 494 g/mol. The number of rotatable bonds is 6. The number of halogens is 2. The van der Waals surface area contributed by atoms with E-state index in [9.17, 15) is 13.9 Å². The van der Waals surface area contributed by atoms with Crippen molar-refractivity contribution in [3.63, 3.8) is 0 Å². The van der Waals surface area contributed by atoms with Crippen molar-refractivity contribution in [1.29, 1.82) is 0 Å². The molecule has 0 aliphatic carbocycles. The van der Waals surface area contributed by atoms with Gasteiger partial charge in [0, 0.05) is 29.8 Å². The molecular formula is C28H30F2N4O4. The van der Waals surface area contributed by atoms with E-state index in [4.69, 9.17) is 14.2 Å². The number of aryl methyl sites for hydroxylation is 1. The van der Waals surface area contributed by atoms with Gasteiger partial charge < -0.3 is 19.3 Å². The van der Waals surface area contributed by atoms with Crippen molar-refractivity contribution in [3.05, 3.63) is 77.5 Å². The number of hydrogen-bond acceptors (Lipinski definition) is 8. The lowest BCUT2D eigenvalue weighted by Crippen LogP contribution is -2.19. The van der Waals surface area contributed by atoms with Crippen LogP contribution < -0.4 is 4.74 Å². The molecule has 10 heteroatoms. The van der Waals surface area contributed by atoms with Crippen molar-refractivity contribution in [2.75, 3.05) is 26.4 Å². The molecule has 1 N–H and O–H groups in total. The number of fused-ring (bicyclic) bond motifs is 1. The Morgan fingerprint density at radius 2 is 1.61 bits per heavy atom. The predicted octanol–water partition coefficient (Wildman–Crippen LogP) is 4.85. The van der Waals surface area contributed by atoms with E-state index in [2.05, 4.69) is 20.2 Å². The molecule has 8 nitrogen and oxygen atoms in total. The molecule has 3 heterocycles. The van der Waals surface area contributed by atoms with Crippen molar-refractivity contribution in [1.82, 2.24) is 20.2 Å². The highest BCUT2D eigenvalue weighted by molar-refractivity contribution is 5.87. The molecule has 0 atom stereocenters. The fourth-order valence-electron chi connectivity index (χ4n) is 3.94. The van der Waals surface area contributed by atoms with Crippen molar-refractivity contribution in [2.45, 2.75) is 39.4 Å². The summed E-state index contributed by atoms with van der Waals surface area (Å²) in [5.41, 5.74) is 3.41. The van der Waals surface area contributed by atoms with Crippen LogP contribution in [0.5, 0.6) is 5.75 Å². The second-order valence-electron chi connectivity index (χ2n) is 9.24. The van der Waals surface area contributed by atoms with Gasteiger partial charge >= 0.3 is 6.61 Å². The van der Waals surface area contributed by atoms with E-state index in [0.717, 1.165) is 48.5 Å². The molecule has 38 heavy (non-hydrogen) atoms. The minimum absolute atomic E-state index is 0.138. The van der Waals surface area contributed by atoms with Crippen LogP contribution >= 0.6 is 0 Å². The van der Waals surface area contributed by atoms with Gasteiger partial charge in [-0.3, -0.25) is 0 Å². The van der Waals surface area contributed by atoms with E-state index >= 15 is 0 Å². The molecule has 4 aromatic rings. The number of ether oxygens (including phenoxy) is 3. The third kappa shape index (κ3) is 7.03. The number of aromatic nitrogens is 4. The first-order valence-electron chi connectivity index (χ1n) is 12.2. The van der Waals surface area contributed by atoms with Crippen molar-refractivity contribution >= 4 is 10.9 Å². The summed E-state index contributed by atoms with van der Waals surface area (Å²) < 4.78 is 40.3. The number of alkyl halides is 2. The average molecular weight is 525 g/mol. The third-order valence-electron chi connectivity index (χ3n) is 5.90. The Morgan fingerprint density at radius 1 is 0.947 bits per heavy atom. The van der Waals surface area contributed by atoms with Gasteiger partial charge in [-0.25, -0.2) is 9.97 Å². The first-order valence-corrected chi connectivity index (χ1v) is 12.2. The van der Waals surface area contributed by atoms with Crippen LogP contribution in [0.2, 0.25) is 0 Å². The molecule has 1 saturated heterocycles. The van der Waals surface area contributed by atoms with Crippen LogP contribution in [0.1, 0.15) is 36.5 Å². The maximum absolute atomic E-state index is 12.8. The summed E-state index contributed by atoms with van der Waals surface area (Å²) in [7, 11) is 0. The standard InChI is InChI=1S/C24H22F2N4O2.C4H8O2/c1-14-18(11-16-6-4-5-7-21(16)32-23(25)26)19-10-15(8-9-20(19)30-29-14)17-12-27-22(28-13-17)24(2,3)31;1-2-6-4-3-5-1/h4-10,12-13,23,31H,11H2,1-3H3;1-4H2. The van der Waals surface area contributed by atoms with Crippen molar-refractivity contribution in [2.24, 2.45) is 0 Å². The Hall–Kier alpha value is -3.60. The number of nitrogens with zero attached hydrogens (tertiary/aromatic N) is 4. The Morgan fingerprint density at radius 3 is 2.21 bits per heavy atom. The molecule has 2 aromatic carbocycles. The normalized spacial score (nSPS) is 13.8. The lowest BCUT2D eigenvalue weighted by Gasteiger charge is -2.15. The molecule has 1 aliphatic heterocycles. The minimum atomic E-state index is -2.90. The summed E-state index contributed by atoms with van der Waals surface area (Å²) in [4.78, 5) is 8.55. The Balaban J connectivity index is 0.000000494. The van der Waals surface area contributed by atoms with E-state index in [1.54, 1.807) is 44.4 Å². The van der Waals surface area contributed by atoms with E-state index in [-0.39, 0.29) is 5.75 Å². The summed E-state index contributed by atoms with van der Waals surface area (Å²) in [6, 6.07) is 12.4. The van der Waals surface area contributed by atoms with E-state index in [0.29, 0.717) is 29.0 Å². The maximum Gasteiger partial charge on any atom is 0.387 e. The second kappa shape index (κ2) is 12.3. The topological polar surface area (TPSA) is 99.5 Å². The fraction of sp³-hybridized carbons (Fsp3) is 0.357. The highest BCUT2D eigenvalue weighted by Crippen LogP contribution is 2.30.